The monoisotopic (exact) mass is 430 g/mol. The van der Waals surface area contributed by atoms with E-state index in [2.05, 4.69) is 25.9 Å². The number of guanidine groups is 1. The Morgan fingerprint density at radius 2 is 2.03 bits per heavy atom. The number of alkyl halides is 3. The van der Waals surface area contributed by atoms with E-state index in [1.54, 1.807) is 18.9 Å². The normalized spacial score (nSPS) is 15.6. The molecule has 8 nitrogen and oxygen atoms in total. The second-order valence-corrected chi connectivity index (χ2v) is 6.81. The number of halogens is 3. The van der Waals surface area contributed by atoms with Crippen LogP contribution in [0.15, 0.2) is 23.3 Å². The number of nitrogens with zero attached hydrogens (tertiary/aromatic N) is 3. The minimum Gasteiger partial charge on any atom is -0.450 e. The van der Waals surface area contributed by atoms with Gasteiger partial charge in [-0.15, -0.1) is 0 Å². The fourth-order valence-electron chi connectivity index (χ4n) is 2.99. The van der Waals surface area contributed by atoms with E-state index in [0.717, 1.165) is 31.5 Å². The summed E-state index contributed by atoms with van der Waals surface area (Å²) >= 11 is 0. The first-order valence-electron chi connectivity index (χ1n) is 9.99. The van der Waals surface area contributed by atoms with E-state index in [1.807, 2.05) is 0 Å². The number of amides is 1. The number of likely N-dealkylation sites (tertiary alicyclic amines) is 1. The van der Waals surface area contributed by atoms with Gasteiger partial charge in [0.25, 0.3) is 0 Å². The molecule has 1 saturated heterocycles. The lowest BCUT2D eigenvalue weighted by molar-refractivity contribution is -0.137. The molecule has 0 radical (unpaired) electrons. The number of carbonyl (C=O) groups is 1. The Kier molecular flexibility index (Phi) is 9.00. The summed E-state index contributed by atoms with van der Waals surface area (Å²) in [6.45, 7) is 4.62. The van der Waals surface area contributed by atoms with Crippen molar-refractivity contribution in [1.82, 2.24) is 20.5 Å². The van der Waals surface area contributed by atoms with Crippen molar-refractivity contribution in [1.29, 1.82) is 0 Å². The maximum absolute atomic E-state index is 12.5. The molecule has 0 atom stereocenters. The highest BCUT2D eigenvalue weighted by Gasteiger charge is 2.30. The van der Waals surface area contributed by atoms with Crippen molar-refractivity contribution < 1.29 is 22.7 Å². The van der Waals surface area contributed by atoms with Gasteiger partial charge in [-0.2, -0.15) is 13.2 Å². The topological polar surface area (TPSA) is 90.9 Å². The van der Waals surface area contributed by atoms with Crippen molar-refractivity contribution in [3.63, 3.8) is 0 Å². The SMILES string of the molecule is CCOC(=O)N1CCC(NC(=NC)NCCCNc2ccc(C(F)(F)F)cn2)CC1. The van der Waals surface area contributed by atoms with Gasteiger partial charge in [0.05, 0.1) is 12.2 Å². The molecule has 0 unspecified atom stereocenters. The second-order valence-electron chi connectivity index (χ2n) is 6.81. The summed E-state index contributed by atoms with van der Waals surface area (Å²) in [7, 11) is 1.69. The molecule has 30 heavy (non-hydrogen) atoms. The van der Waals surface area contributed by atoms with Crippen LogP contribution in [0.1, 0.15) is 31.7 Å². The predicted octanol–water partition coefficient (Wildman–Crippen LogP) is 2.69. The van der Waals surface area contributed by atoms with Crippen LogP contribution in [0.5, 0.6) is 0 Å². The zero-order valence-electron chi connectivity index (χ0n) is 17.3. The Hall–Kier alpha value is -2.72. The molecule has 168 valence electrons. The van der Waals surface area contributed by atoms with Crippen molar-refractivity contribution in [3.05, 3.63) is 23.9 Å². The number of rotatable bonds is 7. The number of ether oxygens (including phenoxy) is 1. The van der Waals surface area contributed by atoms with Gasteiger partial charge in [0, 0.05) is 45.5 Å². The molecule has 1 aliphatic rings. The van der Waals surface area contributed by atoms with E-state index in [9.17, 15) is 18.0 Å². The Bertz CT molecular complexity index is 689. The summed E-state index contributed by atoms with van der Waals surface area (Å²) in [5, 5.41) is 9.55. The van der Waals surface area contributed by atoms with Crippen molar-refractivity contribution in [2.75, 3.05) is 45.2 Å². The fourth-order valence-corrected chi connectivity index (χ4v) is 2.99. The molecule has 1 amide bonds. The molecule has 1 aromatic rings. The molecule has 0 aromatic carbocycles. The van der Waals surface area contributed by atoms with E-state index in [0.29, 0.717) is 44.6 Å². The molecule has 1 aliphatic heterocycles. The summed E-state index contributed by atoms with van der Waals surface area (Å²) in [4.78, 5) is 21.4. The summed E-state index contributed by atoms with van der Waals surface area (Å²) in [5.41, 5.74) is -0.766. The molecule has 11 heteroatoms. The Morgan fingerprint density at radius 1 is 1.30 bits per heavy atom. The van der Waals surface area contributed by atoms with Crippen LogP contribution in [0.3, 0.4) is 0 Å². The van der Waals surface area contributed by atoms with Crippen LogP contribution >= 0.6 is 0 Å². The molecular weight excluding hydrogens is 401 g/mol. The maximum Gasteiger partial charge on any atom is 0.417 e. The van der Waals surface area contributed by atoms with Crippen molar-refractivity contribution in [2.24, 2.45) is 4.99 Å². The highest BCUT2D eigenvalue weighted by atomic mass is 19.4. The van der Waals surface area contributed by atoms with E-state index in [-0.39, 0.29) is 12.1 Å². The van der Waals surface area contributed by atoms with Gasteiger partial charge >= 0.3 is 12.3 Å². The first-order chi connectivity index (χ1) is 14.3. The van der Waals surface area contributed by atoms with Crippen LogP contribution in [0, 0.1) is 0 Å². The second kappa shape index (κ2) is 11.5. The van der Waals surface area contributed by atoms with Gasteiger partial charge in [0.15, 0.2) is 5.96 Å². The zero-order valence-corrected chi connectivity index (χ0v) is 17.3. The summed E-state index contributed by atoms with van der Waals surface area (Å²) in [6.07, 6.45) is -1.49. The Balaban J connectivity index is 1.63. The molecule has 2 rings (SSSR count). The summed E-state index contributed by atoms with van der Waals surface area (Å²) < 4.78 is 42.6. The minimum atomic E-state index is -4.38. The summed E-state index contributed by atoms with van der Waals surface area (Å²) in [5.74, 6) is 1.08. The van der Waals surface area contributed by atoms with Crippen molar-refractivity contribution in [2.45, 2.75) is 38.4 Å². The molecule has 0 aliphatic carbocycles. The highest BCUT2D eigenvalue weighted by molar-refractivity contribution is 5.80. The number of aromatic nitrogens is 1. The third-order valence-corrected chi connectivity index (χ3v) is 4.63. The standard InChI is InChI=1S/C19H29F3N6O2/c1-3-30-18(29)28-11-7-15(8-12-28)27-17(23-2)25-10-4-9-24-16-6-5-14(13-26-16)19(20,21)22/h5-6,13,15H,3-4,7-12H2,1-2H3,(H,24,26)(H2,23,25,27). The van der Waals surface area contributed by atoms with Gasteiger partial charge in [0.2, 0.25) is 0 Å². The lowest BCUT2D eigenvalue weighted by Crippen LogP contribution is -2.50. The molecule has 3 N–H and O–H groups in total. The van der Waals surface area contributed by atoms with Gasteiger partial charge in [-0.1, -0.05) is 0 Å². The Labute approximate surface area is 174 Å². The highest BCUT2D eigenvalue weighted by Crippen LogP contribution is 2.28. The minimum absolute atomic E-state index is 0.219. The first-order valence-corrected chi connectivity index (χ1v) is 9.99. The third-order valence-electron chi connectivity index (χ3n) is 4.63. The van der Waals surface area contributed by atoms with Crippen LogP contribution in [0.25, 0.3) is 0 Å². The smallest absolute Gasteiger partial charge is 0.417 e. The van der Waals surface area contributed by atoms with Crippen LogP contribution in [0.4, 0.5) is 23.8 Å². The maximum atomic E-state index is 12.5. The number of carbonyl (C=O) groups excluding carboxylic acids is 1. The molecule has 2 heterocycles. The van der Waals surface area contributed by atoms with E-state index in [4.69, 9.17) is 4.74 Å². The number of hydrogen-bond donors (Lipinski definition) is 3. The van der Waals surface area contributed by atoms with Crippen LogP contribution in [0.2, 0.25) is 0 Å². The van der Waals surface area contributed by atoms with E-state index in [1.165, 1.54) is 6.07 Å². The van der Waals surface area contributed by atoms with E-state index < -0.39 is 11.7 Å². The third kappa shape index (κ3) is 7.60. The predicted molar refractivity (Wildman–Crippen MR) is 108 cm³/mol. The quantitative estimate of drug-likeness (QED) is 0.350. The number of hydrogen-bond acceptors (Lipinski definition) is 5. The number of piperidine rings is 1. The van der Waals surface area contributed by atoms with Gasteiger partial charge in [-0.3, -0.25) is 4.99 Å². The van der Waals surface area contributed by atoms with Crippen LogP contribution in [-0.2, 0) is 10.9 Å². The molecule has 1 fully saturated rings. The molecular formula is C19H29F3N6O2. The van der Waals surface area contributed by atoms with Crippen LogP contribution in [-0.4, -0.2) is 67.8 Å². The van der Waals surface area contributed by atoms with Crippen molar-refractivity contribution >= 4 is 17.9 Å². The molecule has 0 saturated carbocycles. The number of aliphatic imine (C=N–C) groups is 1. The van der Waals surface area contributed by atoms with Gasteiger partial charge in [0.1, 0.15) is 5.82 Å². The van der Waals surface area contributed by atoms with Crippen LogP contribution < -0.4 is 16.0 Å². The average molecular weight is 430 g/mol. The lowest BCUT2D eigenvalue weighted by atomic mass is 10.1. The summed E-state index contributed by atoms with van der Waals surface area (Å²) in [6, 6.07) is 2.54. The van der Waals surface area contributed by atoms with Gasteiger partial charge in [-0.05, 0) is 38.3 Å². The molecule has 0 spiro atoms. The van der Waals surface area contributed by atoms with Gasteiger partial charge < -0.3 is 25.6 Å². The number of nitrogens with one attached hydrogen (secondary N) is 3. The first kappa shape index (κ1) is 23.6. The largest absolute Gasteiger partial charge is 0.450 e. The number of pyridine rings is 1. The van der Waals surface area contributed by atoms with E-state index >= 15 is 0 Å². The zero-order chi connectivity index (χ0) is 22.0. The average Bonchev–Trinajstić information content (AvgIpc) is 2.73. The van der Waals surface area contributed by atoms with Crippen molar-refractivity contribution in [3.8, 4) is 0 Å². The van der Waals surface area contributed by atoms with Gasteiger partial charge in [-0.25, -0.2) is 9.78 Å². The lowest BCUT2D eigenvalue weighted by Gasteiger charge is -2.32. The Morgan fingerprint density at radius 3 is 2.60 bits per heavy atom. The number of anilines is 1. The fraction of sp³-hybridized carbons (Fsp3) is 0.632. The molecule has 1 aromatic heterocycles. The molecule has 0 bridgehead atoms.